The molecule has 0 atom stereocenters. The minimum atomic E-state index is -0.186. The predicted molar refractivity (Wildman–Crippen MR) is 107 cm³/mol. The highest BCUT2D eigenvalue weighted by atomic mass is 16.5. The fourth-order valence-corrected chi connectivity index (χ4v) is 3.06. The monoisotopic (exact) mass is 364 g/mol. The number of nitrogens with zero attached hydrogens (tertiary/aromatic N) is 1. The van der Waals surface area contributed by atoms with Gasteiger partial charge in [-0.15, -0.1) is 0 Å². The standard InChI is InChI=1S/C22H24N2O3/c1-4-15-9-11-20(27-3)17(13-15)14-18-22(25)24-21(23-18)12-10-16-7-5-6-8-19(16)26-2/h5-9,11,13-14H,4,10,12H2,1-3H3,(H,23,24,25)/b18-14+. The number of carbonyl (C=O) groups is 1. The Balaban J connectivity index is 1.79. The van der Waals surface area contributed by atoms with E-state index in [2.05, 4.69) is 17.2 Å². The summed E-state index contributed by atoms with van der Waals surface area (Å²) < 4.78 is 10.8. The average molecular weight is 364 g/mol. The Bertz CT molecular complexity index is 900. The quantitative estimate of drug-likeness (QED) is 0.761. The van der Waals surface area contributed by atoms with Crippen molar-refractivity contribution in [2.24, 2.45) is 4.99 Å². The summed E-state index contributed by atoms with van der Waals surface area (Å²) in [5, 5.41) is 2.86. The maximum atomic E-state index is 12.3. The molecule has 1 aliphatic heterocycles. The molecule has 5 heteroatoms. The van der Waals surface area contributed by atoms with E-state index in [1.165, 1.54) is 5.56 Å². The number of aryl methyl sites for hydroxylation is 2. The summed E-state index contributed by atoms with van der Waals surface area (Å²) in [6.45, 7) is 2.09. The molecule has 0 fully saturated rings. The lowest BCUT2D eigenvalue weighted by Crippen LogP contribution is -2.24. The van der Waals surface area contributed by atoms with Crippen LogP contribution in [0.3, 0.4) is 0 Å². The number of methoxy groups -OCH3 is 2. The van der Waals surface area contributed by atoms with Crippen molar-refractivity contribution in [2.75, 3.05) is 14.2 Å². The van der Waals surface area contributed by atoms with Gasteiger partial charge in [0.25, 0.3) is 5.91 Å². The Morgan fingerprint density at radius 3 is 2.56 bits per heavy atom. The third-order valence-corrected chi connectivity index (χ3v) is 4.56. The van der Waals surface area contributed by atoms with Crippen molar-refractivity contribution in [2.45, 2.75) is 26.2 Å². The molecule has 0 bridgehead atoms. The lowest BCUT2D eigenvalue weighted by Gasteiger charge is -2.07. The molecule has 3 rings (SSSR count). The van der Waals surface area contributed by atoms with Crippen LogP contribution in [0.15, 0.2) is 53.2 Å². The molecule has 0 aromatic heterocycles. The van der Waals surface area contributed by atoms with E-state index in [4.69, 9.17) is 9.47 Å². The third-order valence-electron chi connectivity index (χ3n) is 4.56. The number of hydrogen-bond donors (Lipinski definition) is 1. The lowest BCUT2D eigenvalue weighted by molar-refractivity contribution is -0.115. The van der Waals surface area contributed by atoms with Gasteiger partial charge in [0, 0.05) is 12.0 Å². The van der Waals surface area contributed by atoms with E-state index in [9.17, 15) is 4.79 Å². The Morgan fingerprint density at radius 1 is 1.04 bits per heavy atom. The number of hydrogen-bond acceptors (Lipinski definition) is 4. The summed E-state index contributed by atoms with van der Waals surface area (Å²) in [6.07, 6.45) is 4.07. The molecule has 0 radical (unpaired) electrons. The molecule has 1 N–H and O–H groups in total. The van der Waals surface area contributed by atoms with Gasteiger partial charge in [-0.3, -0.25) is 4.79 Å². The smallest absolute Gasteiger partial charge is 0.275 e. The van der Waals surface area contributed by atoms with Crippen LogP contribution in [0, 0.1) is 0 Å². The van der Waals surface area contributed by atoms with Crippen LogP contribution >= 0.6 is 0 Å². The number of amides is 1. The Kier molecular flexibility index (Phi) is 5.91. The molecule has 1 aliphatic rings. The molecule has 140 valence electrons. The number of rotatable bonds is 7. The van der Waals surface area contributed by atoms with Crippen LogP contribution in [0.2, 0.25) is 0 Å². The number of amidine groups is 1. The van der Waals surface area contributed by atoms with Crippen LogP contribution in [0.5, 0.6) is 11.5 Å². The summed E-state index contributed by atoms with van der Waals surface area (Å²) in [5.41, 5.74) is 3.53. The van der Waals surface area contributed by atoms with Crippen LogP contribution in [-0.2, 0) is 17.6 Å². The van der Waals surface area contributed by atoms with Gasteiger partial charge < -0.3 is 14.8 Å². The molecule has 1 amide bonds. The zero-order valence-electron chi connectivity index (χ0n) is 15.9. The second-order valence-corrected chi connectivity index (χ2v) is 6.28. The van der Waals surface area contributed by atoms with Crippen molar-refractivity contribution in [3.8, 4) is 11.5 Å². The van der Waals surface area contributed by atoms with Gasteiger partial charge >= 0.3 is 0 Å². The largest absolute Gasteiger partial charge is 0.496 e. The third kappa shape index (κ3) is 4.37. The fourth-order valence-electron chi connectivity index (χ4n) is 3.06. The van der Waals surface area contributed by atoms with Crippen LogP contribution in [0.1, 0.15) is 30.0 Å². The highest BCUT2D eigenvalue weighted by molar-refractivity contribution is 6.14. The fraction of sp³-hybridized carbons (Fsp3) is 0.273. The number of para-hydroxylation sites is 1. The van der Waals surface area contributed by atoms with Crippen molar-refractivity contribution in [3.05, 3.63) is 64.9 Å². The number of nitrogens with one attached hydrogen (secondary N) is 1. The molecular weight excluding hydrogens is 340 g/mol. The normalized spacial score (nSPS) is 14.9. The number of ether oxygens (including phenoxy) is 2. The van der Waals surface area contributed by atoms with Crippen molar-refractivity contribution in [1.29, 1.82) is 0 Å². The summed E-state index contributed by atoms with van der Waals surface area (Å²) in [5.74, 6) is 2.06. The van der Waals surface area contributed by atoms with E-state index in [1.807, 2.05) is 42.5 Å². The Labute approximate surface area is 159 Å². The molecule has 0 saturated carbocycles. The van der Waals surface area contributed by atoms with Crippen LogP contribution in [-0.4, -0.2) is 26.0 Å². The minimum absolute atomic E-state index is 0.186. The first-order valence-corrected chi connectivity index (χ1v) is 9.04. The first-order valence-electron chi connectivity index (χ1n) is 9.04. The summed E-state index contributed by atoms with van der Waals surface area (Å²) in [4.78, 5) is 16.8. The van der Waals surface area contributed by atoms with Gasteiger partial charge in [-0.05, 0) is 48.2 Å². The predicted octanol–water partition coefficient (Wildman–Crippen LogP) is 3.77. The molecule has 0 aliphatic carbocycles. The molecule has 2 aromatic rings. The first-order chi connectivity index (χ1) is 13.1. The van der Waals surface area contributed by atoms with E-state index in [0.29, 0.717) is 18.0 Å². The molecule has 0 unspecified atom stereocenters. The molecule has 0 saturated heterocycles. The Morgan fingerprint density at radius 2 is 1.81 bits per heavy atom. The minimum Gasteiger partial charge on any atom is -0.496 e. The summed E-state index contributed by atoms with van der Waals surface area (Å²) in [6, 6.07) is 13.8. The maximum Gasteiger partial charge on any atom is 0.275 e. The van der Waals surface area contributed by atoms with E-state index >= 15 is 0 Å². The second-order valence-electron chi connectivity index (χ2n) is 6.28. The number of aliphatic imine (C=N–C) groups is 1. The molecule has 27 heavy (non-hydrogen) atoms. The molecular formula is C22H24N2O3. The zero-order chi connectivity index (χ0) is 19.2. The van der Waals surface area contributed by atoms with E-state index in [-0.39, 0.29) is 5.91 Å². The second kappa shape index (κ2) is 8.54. The average Bonchev–Trinajstić information content (AvgIpc) is 3.05. The van der Waals surface area contributed by atoms with Gasteiger partial charge in [0.1, 0.15) is 23.0 Å². The zero-order valence-corrected chi connectivity index (χ0v) is 15.9. The van der Waals surface area contributed by atoms with Crippen molar-refractivity contribution < 1.29 is 14.3 Å². The number of benzene rings is 2. The van der Waals surface area contributed by atoms with Crippen LogP contribution in [0.25, 0.3) is 6.08 Å². The van der Waals surface area contributed by atoms with Crippen LogP contribution in [0.4, 0.5) is 0 Å². The molecule has 1 heterocycles. The Hall–Kier alpha value is -3.08. The lowest BCUT2D eigenvalue weighted by atomic mass is 10.1. The molecule has 2 aromatic carbocycles. The highest BCUT2D eigenvalue weighted by Crippen LogP contribution is 2.25. The van der Waals surface area contributed by atoms with Gasteiger partial charge in [-0.1, -0.05) is 31.2 Å². The maximum absolute atomic E-state index is 12.3. The van der Waals surface area contributed by atoms with Crippen molar-refractivity contribution >= 4 is 17.8 Å². The van der Waals surface area contributed by atoms with Gasteiger partial charge in [-0.2, -0.15) is 0 Å². The first kappa shape index (κ1) is 18.7. The van der Waals surface area contributed by atoms with E-state index < -0.39 is 0 Å². The van der Waals surface area contributed by atoms with E-state index in [0.717, 1.165) is 35.5 Å². The summed E-state index contributed by atoms with van der Waals surface area (Å²) in [7, 11) is 3.28. The van der Waals surface area contributed by atoms with Crippen LogP contribution < -0.4 is 14.8 Å². The topological polar surface area (TPSA) is 59.9 Å². The van der Waals surface area contributed by atoms with E-state index in [1.54, 1.807) is 20.3 Å². The van der Waals surface area contributed by atoms with Crippen molar-refractivity contribution in [3.63, 3.8) is 0 Å². The number of carbonyl (C=O) groups excluding carboxylic acids is 1. The van der Waals surface area contributed by atoms with Gasteiger partial charge in [0.05, 0.1) is 14.2 Å². The van der Waals surface area contributed by atoms with Gasteiger partial charge in [-0.25, -0.2) is 4.99 Å². The molecule has 5 nitrogen and oxygen atoms in total. The van der Waals surface area contributed by atoms with Crippen molar-refractivity contribution in [1.82, 2.24) is 5.32 Å². The molecule has 0 spiro atoms. The summed E-state index contributed by atoms with van der Waals surface area (Å²) >= 11 is 0. The SMILES string of the molecule is CCc1ccc(OC)c(/C=C2/N=C(CCc3ccccc3OC)NC2=O)c1. The van der Waals surface area contributed by atoms with Gasteiger partial charge in [0.15, 0.2) is 0 Å². The highest BCUT2D eigenvalue weighted by Gasteiger charge is 2.20. The van der Waals surface area contributed by atoms with Gasteiger partial charge in [0.2, 0.25) is 0 Å².